The maximum absolute atomic E-state index is 13.5. The summed E-state index contributed by atoms with van der Waals surface area (Å²) in [5, 5.41) is 0. The molecule has 2 rings (SSSR count). The summed E-state index contributed by atoms with van der Waals surface area (Å²) in [7, 11) is 0. The first kappa shape index (κ1) is 12.8. The van der Waals surface area contributed by atoms with Gasteiger partial charge in [0.2, 0.25) is 0 Å². The summed E-state index contributed by atoms with van der Waals surface area (Å²) >= 11 is 0. The molecule has 0 spiro atoms. The Morgan fingerprint density at radius 2 is 1.67 bits per heavy atom. The molecular weight excluding hydrogens is 225 g/mol. The van der Waals surface area contributed by atoms with E-state index in [1.807, 2.05) is 30.3 Å². The van der Waals surface area contributed by atoms with Gasteiger partial charge in [0.15, 0.2) is 0 Å². The number of hydrogen-bond acceptors (Lipinski definition) is 1. The summed E-state index contributed by atoms with van der Waals surface area (Å²) in [6, 6.07) is 13.3. The van der Waals surface area contributed by atoms with Gasteiger partial charge in [-0.2, -0.15) is 0 Å². The van der Waals surface area contributed by atoms with E-state index in [1.54, 1.807) is 6.07 Å². The smallest absolute Gasteiger partial charge is 0.126 e. The molecule has 18 heavy (non-hydrogen) atoms. The minimum atomic E-state index is -0.152. The summed E-state index contributed by atoms with van der Waals surface area (Å²) in [6.45, 7) is 4.30. The van der Waals surface area contributed by atoms with E-state index in [-0.39, 0.29) is 5.82 Å². The van der Waals surface area contributed by atoms with Crippen LogP contribution in [0.15, 0.2) is 42.5 Å². The van der Waals surface area contributed by atoms with E-state index in [4.69, 9.17) is 5.73 Å². The maximum Gasteiger partial charge on any atom is 0.126 e. The first-order chi connectivity index (χ1) is 8.74. The second-order valence-electron chi connectivity index (χ2n) is 4.31. The molecule has 0 unspecified atom stereocenters. The quantitative estimate of drug-likeness (QED) is 0.868. The van der Waals surface area contributed by atoms with Crippen LogP contribution < -0.4 is 5.73 Å². The zero-order valence-corrected chi connectivity index (χ0v) is 10.3. The van der Waals surface area contributed by atoms with Crippen molar-refractivity contribution >= 4 is 0 Å². The fourth-order valence-corrected chi connectivity index (χ4v) is 1.97. The Balaban J connectivity index is 2.34. The third-order valence-electron chi connectivity index (χ3n) is 3.01. The van der Waals surface area contributed by atoms with Gasteiger partial charge in [0.1, 0.15) is 5.82 Å². The van der Waals surface area contributed by atoms with Crippen molar-refractivity contribution in [3.05, 3.63) is 66.3 Å². The molecule has 1 radical (unpaired) electrons. The number of nitrogens with two attached hydrogens (primary N) is 1. The van der Waals surface area contributed by atoms with E-state index in [0.717, 1.165) is 22.3 Å². The summed E-state index contributed by atoms with van der Waals surface area (Å²) in [4.78, 5) is 0. The first-order valence-corrected chi connectivity index (χ1v) is 6.11. The van der Waals surface area contributed by atoms with Crippen molar-refractivity contribution in [3.63, 3.8) is 0 Å². The van der Waals surface area contributed by atoms with E-state index in [1.165, 1.54) is 6.07 Å². The Morgan fingerprint density at radius 3 is 2.28 bits per heavy atom. The molecule has 0 aliphatic rings. The summed E-state index contributed by atoms with van der Waals surface area (Å²) in [5.74, 6) is -0.152. The van der Waals surface area contributed by atoms with Crippen LogP contribution in [0.5, 0.6) is 0 Å². The lowest BCUT2D eigenvalue weighted by molar-refractivity contribution is 0.609. The molecule has 0 saturated heterocycles. The van der Waals surface area contributed by atoms with E-state index >= 15 is 0 Å². The standard InChI is InChI=1S/C16H17FN/c1-2-3-15-10-14(8-9-16(15)17)13-6-4-12(11-18)5-7-13/h4-10H,1-3,11,18H2. The Morgan fingerprint density at radius 1 is 1.00 bits per heavy atom. The van der Waals surface area contributed by atoms with Crippen LogP contribution in [0.2, 0.25) is 0 Å². The predicted octanol–water partition coefficient (Wildman–Crippen LogP) is 3.72. The van der Waals surface area contributed by atoms with Gasteiger partial charge in [-0.25, -0.2) is 4.39 Å². The van der Waals surface area contributed by atoms with Gasteiger partial charge in [0.05, 0.1) is 0 Å². The van der Waals surface area contributed by atoms with Crippen molar-refractivity contribution in [1.82, 2.24) is 0 Å². The average molecular weight is 242 g/mol. The van der Waals surface area contributed by atoms with E-state index < -0.39 is 0 Å². The lowest BCUT2D eigenvalue weighted by Gasteiger charge is -2.07. The average Bonchev–Trinajstić information content (AvgIpc) is 2.42. The number of benzene rings is 2. The van der Waals surface area contributed by atoms with Crippen LogP contribution in [0.3, 0.4) is 0 Å². The van der Waals surface area contributed by atoms with Crippen molar-refractivity contribution in [1.29, 1.82) is 0 Å². The summed E-state index contributed by atoms with van der Waals surface area (Å²) in [6.07, 6.45) is 1.37. The van der Waals surface area contributed by atoms with Crippen molar-refractivity contribution in [2.75, 3.05) is 0 Å². The van der Waals surface area contributed by atoms with Crippen LogP contribution in [0.25, 0.3) is 11.1 Å². The Bertz CT molecular complexity index is 517. The largest absolute Gasteiger partial charge is 0.326 e. The number of hydrogen-bond donors (Lipinski definition) is 1. The Hall–Kier alpha value is -1.67. The summed E-state index contributed by atoms with van der Waals surface area (Å²) in [5.41, 5.74) is 9.50. The Labute approximate surface area is 107 Å². The number of halogens is 1. The molecule has 0 aliphatic carbocycles. The monoisotopic (exact) mass is 242 g/mol. The fraction of sp³-hybridized carbons (Fsp3) is 0.188. The molecule has 0 amide bonds. The van der Waals surface area contributed by atoms with Crippen LogP contribution in [0.4, 0.5) is 4.39 Å². The fourth-order valence-electron chi connectivity index (χ4n) is 1.97. The third kappa shape index (κ3) is 2.77. The van der Waals surface area contributed by atoms with Gasteiger partial charge in [0.25, 0.3) is 0 Å². The van der Waals surface area contributed by atoms with Crippen LogP contribution in [0, 0.1) is 12.7 Å². The van der Waals surface area contributed by atoms with Gasteiger partial charge in [-0.1, -0.05) is 37.3 Å². The van der Waals surface area contributed by atoms with E-state index in [2.05, 4.69) is 6.92 Å². The molecule has 0 aliphatic heterocycles. The minimum Gasteiger partial charge on any atom is -0.326 e. The molecular formula is C16H17FN. The Kier molecular flexibility index (Phi) is 4.11. The van der Waals surface area contributed by atoms with Gasteiger partial charge >= 0.3 is 0 Å². The molecule has 0 saturated carbocycles. The lowest BCUT2D eigenvalue weighted by Crippen LogP contribution is -1.95. The maximum atomic E-state index is 13.5. The lowest BCUT2D eigenvalue weighted by atomic mass is 10.00. The highest BCUT2D eigenvalue weighted by Gasteiger charge is 2.04. The van der Waals surface area contributed by atoms with Crippen LogP contribution in [-0.2, 0) is 13.0 Å². The molecule has 2 aromatic carbocycles. The van der Waals surface area contributed by atoms with Crippen LogP contribution in [-0.4, -0.2) is 0 Å². The normalized spacial score (nSPS) is 10.6. The predicted molar refractivity (Wildman–Crippen MR) is 73.4 cm³/mol. The molecule has 0 heterocycles. The number of rotatable bonds is 4. The van der Waals surface area contributed by atoms with Crippen LogP contribution >= 0.6 is 0 Å². The molecule has 0 atom stereocenters. The SMILES string of the molecule is [CH2]CCc1cc(-c2ccc(CN)cc2)ccc1F. The highest BCUT2D eigenvalue weighted by Crippen LogP contribution is 2.23. The molecule has 0 bridgehead atoms. The van der Waals surface area contributed by atoms with Crippen molar-refractivity contribution in [2.24, 2.45) is 5.73 Å². The molecule has 93 valence electrons. The molecule has 0 fully saturated rings. The van der Waals surface area contributed by atoms with Crippen molar-refractivity contribution < 1.29 is 4.39 Å². The second kappa shape index (κ2) is 5.78. The molecule has 2 aromatic rings. The summed E-state index contributed by atoms with van der Waals surface area (Å²) < 4.78 is 13.5. The van der Waals surface area contributed by atoms with E-state index in [9.17, 15) is 4.39 Å². The minimum absolute atomic E-state index is 0.152. The molecule has 1 nitrogen and oxygen atoms in total. The topological polar surface area (TPSA) is 26.0 Å². The molecule has 2 N–H and O–H groups in total. The highest BCUT2D eigenvalue weighted by atomic mass is 19.1. The van der Waals surface area contributed by atoms with E-state index in [0.29, 0.717) is 19.4 Å². The van der Waals surface area contributed by atoms with Gasteiger partial charge in [-0.05, 0) is 47.2 Å². The van der Waals surface area contributed by atoms with Gasteiger partial charge in [-0.15, -0.1) is 0 Å². The van der Waals surface area contributed by atoms with Gasteiger partial charge in [0, 0.05) is 6.54 Å². The van der Waals surface area contributed by atoms with Crippen LogP contribution in [0.1, 0.15) is 17.5 Å². The highest BCUT2D eigenvalue weighted by molar-refractivity contribution is 5.64. The van der Waals surface area contributed by atoms with Crippen molar-refractivity contribution in [3.8, 4) is 11.1 Å². The number of aryl methyl sites for hydroxylation is 1. The zero-order chi connectivity index (χ0) is 13.0. The zero-order valence-electron chi connectivity index (χ0n) is 10.3. The van der Waals surface area contributed by atoms with Gasteiger partial charge in [-0.3, -0.25) is 0 Å². The second-order valence-corrected chi connectivity index (χ2v) is 4.31. The molecule has 2 heteroatoms. The molecule has 0 aromatic heterocycles. The first-order valence-electron chi connectivity index (χ1n) is 6.11. The third-order valence-corrected chi connectivity index (χ3v) is 3.01. The van der Waals surface area contributed by atoms with Gasteiger partial charge < -0.3 is 5.73 Å². The van der Waals surface area contributed by atoms with Crippen molar-refractivity contribution in [2.45, 2.75) is 19.4 Å².